The van der Waals surface area contributed by atoms with Crippen LogP contribution in [0.1, 0.15) is 36.8 Å². The Morgan fingerprint density at radius 3 is 2.31 bits per heavy atom. The molecule has 0 aromatic heterocycles. The third kappa shape index (κ3) is 4.06. The van der Waals surface area contributed by atoms with E-state index in [1.54, 1.807) is 30.3 Å². The Bertz CT molecular complexity index is 943. The molecule has 1 aliphatic heterocycles. The van der Waals surface area contributed by atoms with Gasteiger partial charge >= 0.3 is 0 Å². The van der Waals surface area contributed by atoms with Crippen molar-refractivity contribution in [2.24, 2.45) is 17.8 Å². The van der Waals surface area contributed by atoms with E-state index in [4.69, 9.17) is 0 Å². The second-order valence-corrected chi connectivity index (χ2v) is 9.79. The predicted octanol–water partition coefficient (Wildman–Crippen LogP) is 3.95. The van der Waals surface area contributed by atoms with Crippen molar-refractivity contribution in [2.45, 2.75) is 49.8 Å². The highest BCUT2D eigenvalue weighted by atomic mass is 19.3. The van der Waals surface area contributed by atoms with Crippen LogP contribution in [0, 0.1) is 17.8 Å². The molecule has 2 aromatic carbocycles. The summed E-state index contributed by atoms with van der Waals surface area (Å²) in [6, 6.07) is 18.9. The zero-order chi connectivity index (χ0) is 22.3. The topological polar surface area (TPSA) is 52.6 Å². The van der Waals surface area contributed by atoms with Crippen LogP contribution in [0.4, 0.5) is 8.78 Å². The van der Waals surface area contributed by atoms with Gasteiger partial charge in [-0.3, -0.25) is 9.69 Å². The molecule has 2 N–H and O–H groups in total. The first-order chi connectivity index (χ1) is 15.4. The van der Waals surface area contributed by atoms with Gasteiger partial charge in [0.1, 0.15) is 0 Å². The van der Waals surface area contributed by atoms with Crippen molar-refractivity contribution in [1.82, 2.24) is 10.2 Å². The Balaban J connectivity index is 1.27. The number of halogens is 2. The lowest BCUT2D eigenvalue weighted by atomic mass is 9.71. The molecule has 170 valence electrons. The normalized spacial score (nSPS) is 30.8. The summed E-state index contributed by atoms with van der Waals surface area (Å²) in [6.07, 6.45) is 0.0776. The van der Waals surface area contributed by atoms with Crippen molar-refractivity contribution in [2.75, 3.05) is 13.1 Å². The smallest absolute Gasteiger partial charge is 0.257 e. The Hall–Kier alpha value is -2.31. The summed E-state index contributed by atoms with van der Waals surface area (Å²) >= 11 is 0. The van der Waals surface area contributed by atoms with Gasteiger partial charge in [0.05, 0.1) is 0 Å². The molecule has 3 unspecified atom stereocenters. The van der Waals surface area contributed by atoms with Gasteiger partial charge in [-0.1, -0.05) is 60.7 Å². The van der Waals surface area contributed by atoms with E-state index in [0.29, 0.717) is 30.2 Å². The summed E-state index contributed by atoms with van der Waals surface area (Å²) in [5, 5.41) is 14.7. The van der Waals surface area contributed by atoms with Gasteiger partial charge in [-0.2, -0.15) is 0 Å². The molecule has 2 saturated carbocycles. The maximum absolute atomic E-state index is 14.2. The number of piperidine rings is 1. The molecular weight excluding hydrogens is 410 g/mol. The quantitative estimate of drug-likeness (QED) is 0.715. The van der Waals surface area contributed by atoms with Crippen LogP contribution in [0.3, 0.4) is 0 Å². The minimum atomic E-state index is -2.85. The lowest BCUT2D eigenvalue weighted by Crippen LogP contribution is -2.53. The maximum atomic E-state index is 14.2. The van der Waals surface area contributed by atoms with Crippen molar-refractivity contribution >= 4 is 5.91 Å². The van der Waals surface area contributed by atoms with Gasteiger partial charge < -0.3 is 10.4 Å². The van der Waals surface area contributed by atoms with Crippen molar-refractivity contribution in [3.8, 4) is 0 Å². The van der Waals surface area contributed by atoms with Gasteiger partial charge in [0, 0.05) is 44.4 Å². The standard InChI is InChI=1S/C26H30F2N2O2/c27-25(28)13-7-12-20(14-25)26(32,19-10-5-2-6-11-19)24(31)29-23-21-16-30(17-22(21)23)15-18-8-3-1-4-9-18/h1-6,8-11,20-23,32H,7,12-17H2,(H,29,31)/t20?,21-,22+,23?,26?. The average molecular weight is 441 g/mol. The highest BCUT2D eigenvalue weighted by Crippen LogP contribution is 2.48. The average Bonchev–Trinajstić information content (AvgIpc) is 3.22. The van der Waals surface area contributed by atoms with Gasteiger partial charge in [0.15, 0.2) is 5.60 Å². The van der Waals surface area contributed by atoms with Gasteiger partial charge in [-0.15, -0.1) is 0 Å². The van der Waals surface area contributed by atoms with E-state index in [2.05, 4.69) is 22.3 Å². The molecule has 3 fully saturated rings. The summed E-state index contributed by atoms with van der Waals surface area (Å²) in [5.74, 6) is -3.46. The molecule has 3 aliphatic rings. The van der Waals surface area contributed by atoms with Crippen molar-refractivity contribution < 1.29 is 18.7 Å². The minimum Gasteiger partial charge on any atom is -0.375 e. The molecule has 1 amide bonds. The fourth-order valence-corrected chi connectivity index (χ4v) is 5.83. The van der Waals surface area contributed by atoms with Crippen LogP contribution in [0.5, 0.6) is 0 Å². The molecule has 0 bridgehead atoms. The highest BCUT2D eigenvalue weighted by molar-refractivity contribution is 5.87. The van der Waals surface area contributed by atoms with E-state index < -0.39 is 29.8 Å². The summed E-state index contributed by atoms with van der Waals surface area (Å²) in [5.41, 5.74) is -0.270. The van der Waals surface area contributed by atoms with E-state index >= 15 is 0 Å². The first-order valence-corrected chi connectivity index (χ1v) is 11.6. The number of carbonyl (C=O) groups is 1. The number of hydrogen-bond donors (Lipinski definition) is 2. The molecule has 2 aliphatic carbocycles. The Kier molecular flexibility index (Phi) is 5.54. The van der Waals surface area contributed by atoms with E-state index in [0.717, 1.165) is 19.6 Å². The van der Waals surface area contributed by atoms with Gasteiger partial charge in [0.25, 0.3) is 5.91 Å². The fourth-order valence-electron chi connectivity index (χ4n) is 5.83. The number of nitrogens with zero attached hydrogens (tertiary/aromatic N) is 1. The van der Waals surface area contributed by atoms with Crippen LogP contribution < -0.4 is 5.32 Å². The highest BCUT2D eigenvalue weighted by Gasteiger charge is 2.59. The number of alkyl halides is 2. The monoisotopic (exact) mass is 440 g/mol. The van der Waals surface area contributed by atoms with E-state index in [1.165, 1.54) is 5.56 Å². The number of amides is 1. The Labute approximate surface area is 187 Å². The lowest BCUT2D eigenvalue weighted by molar-refractivity contribution is -0.158. The Morgan fingerprint density at radius 1 is 1.06 bits per heavy atom. The summed E-state index contributed by atoms with van der Waals surface area (Å²) in [6.45, 7) is 2.69. The number of likely N-dealkylation sites (tertiary alicyclic amines) is 1. The zero-order valence-corrected chi connectivity index (χ0v) is 18.1. The molecule has 2 aromatic rings. The van der Waals surface area contributed by atoms with Gasteiger partial charge in [-0.25, -0.2) is 8.78 Å². The number of benzene rings is 2. The Morgan fingerprint density at radius 2 is 1.69 bits per heavy atom. The largest absolute Gasteiger partial charge is 0.375 e. The van der Waals surface area contributed by atoms with Crippen molar-refractivity contribution in [1.29, 1.82) is 0 Å². The fraction of sp³-hybridized carbons (Fsp3) is 0.500. The van der Waals surface area contributed by atoms with Crippen LogP contribution in [-0.4, -0.2) is 41.0 Å². The van der Waals surface area contributed by atoms with Crippen LogP contribution in [0.15, 0.2) is 60.7 Å². The van der Waals surface area contributed by atoms with E-state index in [9.17, 15) is 18.7 Å². The van der Waals surface area contributed by atoms with Crippen molar-refractivity contribution in [3.63, 3.8) is 0 Å². The van der Waals surface area contributed by atoms with Crippen LogP contribution >= 0.6 is 0 Å². The molecule has 4 nitrogen and oxygen atoms in total. The van der Waals surface area contributed by atoms with Crippen LogP contribution in [-0.2, 0) is 16.9 Å². The first kappa shape index (κ1) is 21.5. The molecule has 32 heavy (non-hydrogen) atoms. The molecule has 0 radical (unpaired) electrons. The van der Waals surface area contributed by atoms with E-state index in [1.807, 2.05) is 18.2 Å². The molecule has 0 spiro atoms. The second-order valence-electron chi connectivity index (χ2n) is 9.79. The molecule has 5 atom stereocenters. The van der Waals surface area contributed by atoms with Crippen LogP contribution in [0.25, 0.3) is 0 Å². The molecular formula is C26H30F2N2O2. The zero-order valence-electron chi connectivity index (χ0n) is 18.1. The number of nitrogens with one attached hydrogen (secondary N) is 1. The molecule has 5 rings (SSSR count). The minimum absolute atomic E-state index is 0.00820. The summed E-state index contributed by atoms with van der Waals surface area (Å²) in [4.78, 5) is 15.8. The third-order valence-electron chi connectivity index (χ3n) is 7.61. The second kappa shape index (κ2) is 8.23. The SMILES string of the molecule is O=C(NC1[C@H]2CN(Cc3ccccc3)C[C@@H]12)C(O)(c1ccccc1)C1CCCC(F)(F)C1. The van der Waals surface area contributed by atoms with Gasteiger partial charge in [-0.05, 0) is 35.8 Å². The summed E-state index contributed by atoms with van der Waals surface area (Å²) < 4.78 is 28.4. The summed E-state index contributed by atoms with van der Waals surface area (Å²) in [7, 11) is 0. The maximum Gasteiger partial charge on any atom is 0.257 e. The third-order valence-corrected chi connectivity index (χ3v) is 7.61. The molecule has 1 saturated heterocycles. The number of carbonyl (C=O) groups excluding carboxylic acids is 1. The molecule has 6 heteroatoms. The number of hydrogen-bond acceptors (Lipinski definition) is 3. The first-order valence-electron chi connectivity index (χ1n) is 11.6. The van der Waals surface area contributed by atoms with Crippen LogP contribution in [0.2, 0.25) is 0 Å². The number of aliphatic hydroxyl groups is 1. The molecule has 1 heterocycles. The number of fused-ring (bicyclic) bond motifs is 1. The van der Waals surface area contributed by atoms with Gasteiger partial charge in [0.2, 0.25) is 5.92 Å². The lowest BCUT2D eigenvalue weighted by Gasteiger charge is -2.40. The van der Waals surface area contributed by atoms with E-state index in [-0.39, 0.29) is 12.5 Å². The van der Waals surface area contributed by atoms with Crippen molar-refractivity contribution in [3.05, 3.63) is 71.8 Å². The predicted molar refractivity (Wildman–Crippen MR) is 118 cm³/mol. The number of rotatable bonds is 6.